The maximum Gasteiger partial charge on any atom is 0.210 e. The van der Waals surface area contributed by atoms with Crippen LogP contribution < -0.4 is 0 Å². The molecule has 0 aliphatic rings. The summed E-state index contributed by atoms with van der Waals surface area (Å²) < 4.78 is 0. The van der Waals surface area contributed by atoms with E-state index < -0.39 is 0 Å². The van der Waals surface area contributed by atoms with E-state index in [9.17, 15) is 4.79 Å². The van der Waals surface area contributed by atoms with E-state index in [0.29, 0.717) is 0 Å². The van der Waals surface area contributed by atoms with Crippen molar-refractivity contribution < 1.29 is 4.79 Å². The van der Waals surface area contributed by atoms with Gasteiger partial charge < -0.3 is 4.90 Å². The second-order valence-electron chi connectivity index (χ2n) is 4.73. The van der Waals surface area contributed by atoms with E-state index in [1.165, 1.54) is 0 Å². The van der Waals surface area contributed by atoms with E-state index in [1.54, 1.807) is 4.90 Å². The minimum Gasteiger partial charge on any atom is -0.328 e. The molecule has 20 heavy (non-hydrogen) atoms. The van der Waals surface area contributed by atoms with E-state index in [-0.39, 0.29) is 12.1 Å². The zero-order chi connectivity index (χ0) is 14.4. The summed E-state index contributed by atoms with van der Waals surface area (Å²) in [7, 11) is 0. The third-order valence-electron chi connectivity index (χ3n) is 3.54. The lowest BCUT2D eigenvalue weighted by molar-refractivity contribution is -0.121. The molecule has 0 spiro atoms. The molecule has 0 saturated carbocycles. The molecule has 0 saturated heterocycles. The zero-order valence-corrected chi connectivity index (χ0v) is 11.6. The van der Waals surface area contributed by atoms with Gasteiger partial charge in [0, 0.05) is 0 Å². The molecule has 2 heteroatoms. The maximum absolute atomic E-state index is 11.6. The number of hydrogen-bond acceptors (Lipinski definition) is 1. The highest BCUT2D eigenvalue weighted by atomic mass is 16.1. The molecule has 0 fully saturated rings. The number of carbonyl (C=O) groups excluding carboxylic acids is 1. The van der Waals surface area contributed by atoms with Crippen LogP contribution in [0.25, 0.3) is 0 Å². The van der Waals surface area contributed by atoms with Gasteiger partial charge in [0.05, 0.1) is 12.1 Å². The van der Waals surface area contributed by atoms with Gasteiger partial charge in [-0.3, -0.25) is 4.79 Å². The van der Waals surface area contributed by atoms with Gasteiger partial charge in [-0.2, -0.15) is 0 Å². The highest BCUT2D eigenvalue weighted by Crippen LogP contribution is 2.29. The molecule has 0 aliphatic heterocycles. The van der Waals surface area contributed by atoms with Crippen molar-refractivity contribution >= 4 is 6.41 Å². The Kier molecular flexibility index (Phi) is 4.72. The Morgan fingerprint density at radius 2 is 1.45 bits per heavy atom. The number of rotatable bonds is 6. The average Bonchev–Trinajstić information content (AvgIpc) is 2.53. The van der Waals surface area contributed by atoms with Crippen LogP contribution in [0, 0.1) is 0 Å². The van der Waals surface area contributed by atoms with Gasteiger partial charge in [-0.05, 0) is 18.1 Å². The third kappa shape index (κ3) is 2.97. The first kappa shape index (κ1) is 14.1. The molecule has 0 aliphatic carbocycles. The topological polar surface area (TPSA) is 20.3 Å². The molecule has 2 nitrogen and oxygen atoms in total. The molecule has 2 rings (SSSR count). The first-order valence-corrected chi connectivity index (χ1v) is 6.73. The molecular weight excluding hydrogens is 246 g/mol. The van der Waals surface area contributed by atoms with Gasteiger partial charge in [0.25, 0.3) is 0 Å². The van der Waals surface area contributed by atoms with E-state index in [4.69, 9.17) is 0 Å². The molecule has 0 aromatic heterocycles. The summed E-state index contributed by atoms with van der Waals surface area (Å²) >= 11 is 0. The third-order valence-corrected chi connectivity index (χ3v) is 3.54. The van der Waals surface area contributed by atoms with E-state index in [1.807, 2.05) is 73.7 Å². The summed E-state index contributed by atoms with van der Waals surface area (Å²) in [5.74, 6) is 0. The molecule has 2 aromatic rings. The molecule has 102 valence electrons. The van der Waals surface area contributed by atoms with Crippen LogP contribution in [0.1, 0.15) is 30.1 Å². The lowest BCUT2D eigenvalue weighted by atomic mass is 10.0. The largest absolute Gasteiger partial charge is 0.328 e. The highest BCUT2D eigenvalue weighted by Gasteiger charge is 2.21. The van der Waals surface area contributed by atoms with Crippen molar-refractivity contribution in [2.75, 3.05) is 0 Å². The Bertz CT molecular complexity index is 550. The quantitative estimate of drug-likeness (QED) is 0.568. The molecule has 0 N–H and O–H groups in total. The lowest BCUT2D eigenvalue weighted by Crippen LogP contribution is -2.29. The lowest BCUT2D eigenvalue weighted by Gasteiger charge is -2.32. The predicted molar refractivity (Wildman–Crippen MR) is 82.1 cm³/mol. The molecule has 0 unspecified atom stereocenters. The molecule has 1 amide bonds. The van der Waals surface area contributed by atoms with Crippen LogP contribution in [0.2, 0.25) is 0 Å². The molecule has 0 heterocycles. The van der Waals surface area contributed by atoms with Crippen LogP contribution in [-0.4, -0.2) is 11.3 Å². The highest BCUT2D eigenvalue weighted by molar-refractivity contribution is 5.51. The van der Waals surface area contributed by atoms with Gasteiger partial charge in [-0.25, -0.2) is 0 Å². The van der Waals surface area contributed by atoms with Gasteiger partial charge >= 0.3 is 0 Å². The summed E-state index contributed by atoms with van der Waals surface area (Å²) in [6.45, 7) is 5.91. The minimum absolute atomic E-state index is 0.00286. The van der Waals surface area contributed by atoms with Gasteiger partial charge in [0.1, 0.15) is 0 Å². The van der Waals surface area contributed by atoms with Crippen LogP contribution >= 0.6 is 0 Å². The van der Waals surface area contributed by atoms with Gasteiger partial charge in [0.2, 0.25) is 6.41 Å². The molecule has 2 aromatic carbocycles. The van der Waals surface area contributed by atoms with Crippen LogP contribution in [-0.2, 0) is 4.79 Å². The Morgan fingerprint density at radius 1 is 0.950 bits per heavy atom. The Balaban J connectivity index is 2.31. The first-order chi connectivity index (χ1) is 9.77. The SMILES string of the molecule is C=C[C@H](c1ccccc1)N(C=O)[C@H](C)c1ccccc1. The summed E-state index contributed by atoms with van der Waals surface area (Å²) in [5, 5.41) is 0. The van der Waals surface area contributed by atoms with E-state index in [2.05, 4.69) is 6.58 Å². The van der Waals surface area contributed by atoms with Crippen molar-refractivity contribution in [3.8, 4) is 0 Å². The fraction of sp³-hybridized carbons (Fsp3) is 0.167. The summed E-state index contributed by atoms with van der Waals surface area (Å²) in [6, 6.07) is 19.8. The Morgan fingerprint density at radius 3 is 1.90 bits per heavy atom. The van der Waals surface area contributed by atoms with Crippen LogP contribution in [0.4, 0.5) is 0 Å². The second-order valence-corrected chi connectivity index (χ2v) is 4.73. The van der Waals surface area contributed by atoms with Crippen molar-refractivity contribution in [2.24, 2.45) is 0 Å². The van der Waals surface area contributed by atoms with Crippen LogP contribution in [0.15, 0.2) is 73.3 Å². The summed E-state index contributed by atoms with van der Waals surface area (Å²) in [6.07, 6.45) is 2.71. The molecule has 0 radical (unpaired) electrons. The first-order valence-electron chi connectivity index (χ1n) is 6.73. The van der Waals surface area contributed by atoms with Crippen molar-refractivity contribution in [1.82, 2.24) is 4.90 Å². The van der Waals surface area contributed by atoms with Crippen molar-refractivity contribution in [3.63, 3.8) is 0 Å². The maximum atomic E-state index is 11.6. The monoisotopic (exact) mass is 265 g/mol. The molecule has 2 atom stereocenters. The fourth-order valence-corrected chi connectivity index (χ4v) is 2.38. The van der Waals surface area contributed by atoms with Gasteiger partial charge in [-0.15, -0.1) is 6.58 Å². The fourth-order valence-electron chi connectivity index (χ4n) is 2.38. The number of amides is 1. The molecular formula is C18H19NO. The van der Waals surface area contributed by atoms with Gasteiger partial charge in [-0.1, -0.05) is 66.7 Å². The minimum atomic E-state index is -0.121. The number of carbonyl (C=O) groups is 1. The number of benzene rings is 2. The molecule has 0 bridgehead atoms. The number of nitrogens with zero attached hydrogens (tertiary/aromatic N) is 1. The normalized spacial score (nSPS) is 13.2. The standard InChI is InChI=1S/C18H19NO/c1-3-18(17-12-8-5-9-13-17)19(14-20)15(2)16-10-6-4-7-11-16/h3-15,18H,1H2,2H3/t15-,18-/m1/s1. The predicted octanol–water partition coefficient (Wildman–Crippen LogP) is 4.13. The van der Waals surface area contributed by atoms with E-state index >= 15 is 0 Å². The zero-order valence-electron chi connectivity index (χ0n) is 11.6. The van der Waals surface area contributed by atoms with Gasteiger partial charge in [0.15, 0.2) is 0 Å². The summed E-state index contributed by atoms with van der Waals surface area (Å²) in [4.78, 5) is 13.4. The number of hydrogen-bond donors (Lipinski definition) is 0. The van der Waals surface area contributed by atoms with Crippen molar-refractivity contribution in [2.45, 2.75) is 19.0 Å². The Hall–Kier alpha value is -2.35. The summed E-state index contributed by atoms with van der Waals surface area (Å²) in [5.41, 5.74) is 2.18. The smallest absolute Gasteiger partial charge is 0.210 e. The average molecular weight is 265 g/mol. The van der Waals surface area contributed by atoms with Crippen molar-refractivity contribution in [1.29, 1.82) is 0 Å². The van der Waals surface area contributed by atoms with E-state index in [0.717, 1.165) is 17.5 Å². The van der Waals surface area contributed by atoms with Crippen LogP contribution in [0.3, 0.4) is 0 Å². The second kappa shape index (κ2) is 6.71. The Labute approximate surface area is 120 Å². The van der Waals surface area contributed by atoms with Crippen molar-refractivity contribution in [3.05, 3.63) is 84.4 Å². The van der Waals surface area contributed by atoms with Crippen LogP contribution in [0.5, 0.6) is 0 Å².